The first kappa shape index (κ1) is 19.4. The second kappa shape index (κ2) is 8.94. The molecule has 1 amide bonds. The van der Waals surface area contributed by atoms with E-state index in [4.69, 9.17) is 5.73 Å². The molecule has 134 valence electrons. The van der Waals surface area contributed by atoms with Gasteiger partial charge in [0.1, 0.15) is 5.82 Å². The maximum absolute atomic E-state index is 12.9. The second-order valence-electron chi connectivity index (χ2n) is 6.28. The standard InChI is InChI=1S/C19H22FN3O.ClH/c20-16-8-6-14(7-9-16)10-22-19(24)13-23-11-17(18(21)12-23)15-4-2-1-3-5-15;/h1-9,17-18H,10-13,21H2,(H,22,24);1H/t17-,18+;/m0./s1. The van der Waals surface area contributed by atoms with Gasteiger partial charge < -0.3 is 11.1 Å². The zero-order valence-electron chi connectivity index (χ0n) is 13.9. The molecule has 2 aromatic rings. The van der Waals surface area contributed by atoms with Gasteiger partial charge in [-0.2, -0.15) is 0 Å². The van der Waals surface area contributed by atoms with E-state index in [9.17, 15) is 9.18 Å². The largest absolute Gasteiger partial charge is 0.351 e. The number of benzene rings is 2. The predicted octanol–water partition coefficient (Wildman–Crippen LogP) is 2.29. The van der Waals surface area contributed by atoms with Crippen LogP contribution in [-0.4, -0.2) is 36.5 Å². The first-order valence-electron chi connectivity index (χ1n) is 8.16. The molecule has 0 spiro atoms. The van der Waals surface area contributed by atoms with Gasteiger partial charge in [-0.25, -0.2) is 4.39 Å². The van der Waals surface area contributed by atoms with Crippen molar-refractivity contribution >= 4 is 18.3 Å². The van der Waals surface area contributed by atoms with Crippen LogP contribution in [0.1, 0.15) is 17.0 Å². The van der Waals surface area contributed by atoms with E-state index < -0.39 is 0 Å². The molecule has 2 atom stereocenters. The lowest BCUT2D eigenvalue weighted by Gasteiger charge is -2.16. The Bertz CT molecular complexity index is 681. The number of nitrogens with zero attached hydrogens (tertiary/aromatic N) is 1. The molecular weight excluding hydrogens is 341 g/mol. The maximum atomic E-state index is 12.9. The molecule has 0 bridgehead atoms. The summed E-state index contributed by atoms with van der Waals surface area (Å²) in [7, 11) is 0. The zero-order valence-corrected chi connectivity index (χ0v) is 14.7. The number of hydrogen-bond acceptors (Lipinski definition) is 3. The topological polar surface area (TPSA) is 58.4 Å². The number of nitrogens with one attached hydrogen (secondary N) is 1. The van der Waals surface area contributed by atoms with Crippen LogP contribution in [-0.2, 0) is 11.3 Å². The van der Waals surface area contributed by atoms with Crippen molar-refractivity contribution in [3.8, 4) is 0 Å². The minimum Gasteiger partial charge on any atom is -0.351 e. The highest BCUT2D eigenvalue weighted by molar-refractivity contribution is 5.85. The molecule has 3 N–H and O–H groups in total. The first-order valence-corrected chi connectivity index (χ1v) is 8.16. The highest BCUT2D eigenvalue weighted by Gasteiger charge is 2.31. The summed E-state index contributed by atoms with van der Waals surface area (Å²) in [5.74, 6) is -0.0561. The number of rotatable bonds is 5. The van der Waals surface area contributed by atoms with E-state index >= 15 is 0 Å². The van der Waals surface area contributed by atoms with Crippen molar-refractivity contribution in [1.29, 1.82) is 0 Å². The molecule has 1 aliphatic rings. The highest BCUT2D eigenvalue weighted by Crippen LogP contribution is 2.25. The van der Waals surface area contributed by atoms with Gasteiger partial charge in [0.05, 0.1) is 6.54 Å². The van der Waals surface area contributed by atoms with E-state index in [0.29, 0.717) is 19.6 Å². The van der Waals surface area contributed by atoms with Gasteiger partial charge in [0.2, 0.25) is 5.91 Å². The fourth-order valence-corrected chi connectivity index (χ4v) is 3.16. The third-order valence-electron chi connectivity index (χ3n) is 4.44. The molecule has 3 rings (SSSR count). The van der Waals surface area contributed by atoms with E-state index in [2.05, 4.69) is 22.3 Å². The minimum absolute atomic E-state index is 0. The van der Waals surface area contributed by atoms with E-state index in [1.807, 2.05) is 18.2 Å². The van der Waals surface area contributed by atoms with Crippen LogP contribution in [0.2, 0.25) is 0 Å². The Morgan fingerprint density at radius 1 is 1.12 bits per heavy atom. The quantitative estimate of drug-likeness (QED) is 0.857. The first-order chi connectivity index (χ1) is 11.6. The molecule has 0 radical (unpaired) electrons. The summed E-state index contributed by atoms with van der Waals surface area (Å²) in [6, 6.07) is 16.4. The Morgan fingerprint density at radius 3 is 2.48 bits per heavy atom. The van der Waals surface area contributed by atoms with Gasteiger partial charge in [0.15, 0.2) is 0 Å². The molecule has 0 saturated carbocycles. The average molecular weight is 364 g/mol. The Labute approximate surface area is 153 Å². The molecular formula is C19H23ClFN3O. The Kier molecular flexibility index (Phi) is 6.93. The number of hydrogen-bond donors (Lipinski definition) is 2. The third kappa shape index (κ3) is 5.26. The lowest BCUT2D eigenvalue weighted by Crippen LogP contribution is -2.37. The van der Waals surface area contributed by atoms with Crippen molar-refractivity contribution < 1.29 is 9.18 Å². The molecule has 1 heterocycles. The summed E-state index contributed by atoms with van der Waals surface area (Å²) in [5, 5.41) is 2.87. The number of likely N-dealkylation sites (tertiary alicyclic amines) is 1. The van der Waals surface area contributed by atoms with Crippen LogP contribution in [0.4, 0.5) is 4.39 Å². The normalized spacial score (nSPS) is 20.1. The van der Waals surface area contributed by atoms with Crippen LogP contribution in [0, 0.1) is 5.82 Å². The average Bonchev–Trinajstić information content (AvgIpc) is 2.95. The van der Waals surface area contributed by atoms with Gasteiger partial charge in [-0.3, -0.25) is 9.69 Å². The molecule has 6 heteroatoms. The van der Waals surface area contributed by atoms with E-state index in [1.165, 1.54) is 17.7 Å². The Balaban J connectivity index is 0.00000225. The fraction of sp³-hybridized carbons (Fsp3) is 0.316. The van der Waals surface area contributed by atoms with Gasteiger partial charge in [0.25, 0.3) is 0 Å². The lowest BCUT2D eigenvalue weighted by molar-refractivity contribution is -0.122. The molecule has 0 unspecified atom stereocenters. The molecule has 2 aromatic carbocycles. The van der Waals surface area contributed by atoms with Crippen LogP contribution in [0.25, 0.3) is 0 Å². The van der Waals surface area contributed by atoms with Gasteiger partial charge in [-0.05, 0) is 23.3 Å². The number of amides is 1. The van der Waals surface area contributed by atoms with Crippen molar-refractivity contribution in [1.82, 2.24) is 10.2 Å². The van der Waals surface area contributed by atoms with Gasteiger partial charge in [-0.1, -0.05) is 42.5 Å². The summed E-state index contributed by atoms with van der Waals surface area (Å²) in [6.45, 7) is 2.23. The lowest BCUT2D eigenvalue weighted by atomic mass is 9.95. The maximum Gasteiger partial charge on any atom is 0.234 e. The summed E-state index contributed by atoms with van der Waals surface area (Å²) in [6.07, 6.45) is 0. The van der Waals surface area contributed by atoms with Crippen LogP contribution < -0.4 is 11.1 Å². The summed E-state index contributed by atoms with van der Waals surface area (Å²) in [5.41, 5.74) is 8.35. The van der Waals surface area contributed by atoms with Crippen molar-refractivity contribution in [3.05, 3.63) is 71.5 Å². The van der Waals surface area contributed by atoms with Crippen molar-refractivity contribution in [2.45, 2.75) is 18.5 Å². The molecule has 25 heavy (non-hydrogen) atoms. The number of carbonyl (C=O) groups is 1. The molecule has 1 saturated heterocycles. The molecule has 1 fully saturated rings. The van der Waals surface area contributed by atoms with Crippen LogP contribution in [0.5, 0.6) is 0 Å². The van der Waals surface area contributed by atoms with E-state index in [1.54, 1.807) is 12.1 Å². The summed E-state index contributed by atoms with van der Waals surface area (Å²) >= 11 is 0. The summed E-state index contributed by atoms with van der Waals surface area (Å²) in [4.78, 5) is 14.2. The van der Waals surface area contributed by atoms with Crippen LogP contribution in [0.3, 0.4) is 0 Å². The molecule has 0 aliphatic carbocycles. The Hall–Kier alpha value is -1.95. The third-order valence-corrected chi connectivity index (χ3v) is 4.44. The predicted molar refractivity (Wildman–Crippen MR) is 99.1 cm³/mol. The molecule has 0 aromatic heterocycles. The zero-order chi connectivity index (χ0) is 16.9. The monoisotopic (exact) mass is 363 g/mol. The van der Waals surface area contributed by atoms with Crippen molar-refractivity contribution in [2.75, 3.05) is 19.6 Å². The van der Waals surface area contributed by atoms with E-state index in [-0.39, 0.29) is 36.1 Å². The van der Waals surface area contributed by atoms with Gasteiger partial charge in [-0.15, -0.1) is 12.4 Å². The smallest absolute Gasteiger partial charge is 0.234 e. The van der Waals surface area contributed by atoms with Gasteiger partial charge in [0, 0.05) is 31.6 Å². The second-order valence-corrected chi connectivity index (χ2v) is 6.28. The number of nitrogens with two attached hydrogens (primary N) is 1. The number of carbonyl (C=O) groups excluding carboxylic acids is 1. The van der Waals surface area contributed by atoms with E-state index in [0.717, 1.165) is 12.1 Å². The fourth-order valence-electron chi connectivity index (χ4n) is 3.16. The number of halogens is 2. The highest BCUT2D eigenvalue weighted by atomic mass is 35.5. The van der Waals surface area contributed by atoms with Crippen LogP contribution in [0.15, 0.2) is 54.6 Å². The van der Waals surface area contributed by atoms with Crippen LogP contribution >= 0.6 is 12.4 Å². The van der Waals surface area contributed by atoms with Crippen molar-refractivity contribution in [2.24, 2.45) is 5.73 Å². The molecule has 1 aliphatic heterocycles. The minimum atomic E-state index is -0.275. The SMILES string of the molecule is Cl.N[C@@H]1CN(CC(=O)NCc2ccc(F)cc2)C[C@H]1c1ccccc1. The summed E-state index contributed by atoms with van der Waals surface area (Å²) < 4.78 is 12.9. The Morgan fingerprint density at radius 2 is 1.80 bits per heavy atom. The van der Waals surface area contributed by atoms with Gasteiger partial charge >= 0.3 is 0 Å². The van der Waals surface area contributed by atoms with Crippen molar-refractivity contribution in [3.63, 3.8) is 0 Å². The molecule has 4 nitrogen and oxygen atoms in total.